The zero-order valence-electron chi connectivity index (χ0n) is 23.8. The van der Waals surface area contributed by atoms with Crippen molar-refractivity contribution in [3.63, 3.8) is 0 Å². The zero-order valence-corrected chi connectivity index (χ0v) is 24.6. The normalized spacial score (nSPS) is 14.5. The average Bonchev–Trinajstić information content (AvgIpc) is 3.72. The van der Waals surface area contributed by atoms with Crippen molar-refractivity contribution in [2.75, 3.05) is 0 Å². The molecule has 198 valence electrons. The molecule has 2 aliphatic rings. The van der Waals surface area contributed by atoms with Crippen LogP contribution >= 0.6 is 11.3 Å². The molecule has 4 heteroatoms. The Morgan fingerprint density at radius 2 is 1.50 bits per heavy atom. The average molecular weight is 555 g/mol. The van der Waals surface area contributed by atoms with Crippen molar-refractivity contribution in [1.82, 2.24) is 9.55 Å². The topological polar surface area (TPSA) is 20.7 Å². The molecule has 1 aliphatic heterocycles. The molecule has 1 aliphatic carbocycles. The molecule has 0 spiro atoms. The highest BCUT2D eigenvalue weighted by molar-refractivity contribution is 7.26. The van der Waals surface area contributed by atoms with Crippen molar-refractivity contribution < 1.29 is 0 Å². The summed E-state index contributed by atoms with van der Waals surface area (Å²) >= 11 is 1.93. The third-order valence-corrected chi connectivity index (χ3v) is 11.2. The monoisotopic (exact) mass is 554 g/mol. The lowest BCUT2D eigenvalue weighted by Crippen LogP contribution is -2.37. The van der Waals surface area contributed by atoms with Crippen LogP contribution in [0.15, 0.2) is 97.1 Å². The number of hydrogen-bond donors (Lipinski definition) is 1. The standard InChI is InChI=1S/C38H27BN2S/c1-20-18-26(21-12-8-13-24-31-34(40-33(21)24)22-10-4-6-15-27(22)38(31,2)3)32-29(19-20)41-35-25(14-9-16-28(35)39-32)37-36(41)23-11-5-7-17-30(23)42-37/h4-19,39-40H,1-3H3. The summed E-state index contributed by atoms with van der Waals surface area (Å²) in [6.07, 6.45) is 0. The minimum Gasteiger partial charge on any atom is -0.354 e. The number of hydrogen-bond acceptors (Lipinski definition) is 1. The van der Waals surface area contributed by atoms with Gasteiger partial charge in [-0.1, -0.05) is 104 Å². The summed E-state index contributed by atoms with van der Waals surface area (Å²) in [5.41, 5.74) is 17.5. The first-order valence-corrected chi connectivity index (χ1v) is 15.7. The summed E-state index contributed by atoms with van der Waals surface area (Å²) < 4.78 is 5.34. The first-order valence-electron chi connectivity index (χ1n) is 14.8. The van der Waals surface area contributed by atoms with Gasteiger partial charge in [0.1, 0.15) is 0 Å². The van der Waals surface area contributed by atoms with E-state index in [9.17, 15) is 0 Å². The van der Waals surface area contributed by atoms with Gasteiger partial charge in [0.05, 0.1) is 21.4 Å². The number of nitrogens with one attached hydrogen (secondary N) is 1. The van der Waals surface area contributed by atoms with E-state index in [0.717, 1.165) is 7.28 Å². The maximum Gasteiger partial charge on any atom is 0.198 e. The number of aryl methyl sites for hydroxylation is 1. The first kappa shape index (κ1) is 23.1. The SMILES string of the molecule is Cc1cc(-c2cccc3c4c([nH]c23)-c2ccccc2C4(C)C)c2c(c1)-n1c3c(cccc3c3sc4ccccc4c31)B2. The molecule has 8 aromatic rings. The second kappa shape index (κ2) is 7.64. The molecule has 0 fully saturated rings. The van der Waals surface area contributed by atoms with Crippen LogP contribution in [0.2, 0.25) is 0 Å². The maximum atomic E-state index is 3.96. The molecule has 10 rings (SSSR count). The molecule has 0 bridgehead atoms. The van der Waals surface area contributed by atoms with Crippen LogP contribution in [0.4, 0.5) is 0 Å². The van der Waals surface area contributed by atoms with Gasteiger partial charge < -0.3 is 9.55 Å². The Balaban J connectivity index is 1.30. The summed E-state index contributed by atoms with van der Waals surface area (Å²) in [6.45, 7) is 7.00. The van der Waals surface area contributed by atoms with Crippen molar-refractivity contribution >= 4 is 71.7 Å². The van der Waals surface area contributed by atoms with E-state index in [-0.39, 0.29) is 5.41 Å². The van der Waals surface area contributed by atoms with Gasteiger partial charge in [-0.2, -0.15) is 0 Å². The van der Waals surface area contributed by atoms with Gasteiger partial charge in [0, 0.05) is 48.6 Å². The summed E-state index contributed by atoms with van der Waals surface area (Å²) in [4.78, 5) is 3.96. The highest BCUT2D eigenvalue weighted by Gasteiger charge is 2.39. The van der Waals surface area contributed by atoms with E-state index in [0.29, 0.717) is 0 Å². The van der Waals surface area contributed by atoms with E-state index in [1.807, 2.05) is 11.3 Å². The molecule has 42 heavy (non-hydrogen) atoms. The van der Waals surface area contributed by atoms with Gasteiger partial charge >= 0.3 is 0 Å². The third kappa shape index (κ3) is 2.68. The predicted molar refractivity (Wildman–Crippen MR) is 182 cm³/mol. The lowest BCUT2D eigenvalue weighted by molar-refractivity contribution is 0.666. The summed E-state index contributed by atoms with van der Waals surface area (Å²) in [5.74, 6) is 0. The molecule has 0 unspecified atom stereocenters. The number of aromatic amines is 1. The highest BCUT2D eigenvalue weighted by Crippen LogP contribution is 2.52. The van der Waals surface area contributed by atoms with Gasteiger partial charge in [0.25, 0.3) is 0 Å². The van der Waals surface area contributed by atoms with E-state index in [1.165, 1.54) is 97.8 Å². The van der Waals surface area contributed by atoms with E-state index in [4.69, 9.17) is 0 Å². The van der Waals surface area contributed by atoms with E-state index in [2.05, 4.69) is 127 Å². The minimum absolute atomic E-state index is 0.0455. The highest BCUT2D eigenvalue weighted by atomic mass is 32.1. The Morgan fingerprint density at radius 1 is 0.738 bits per heavy atom. The number of para-hydroxylation sites is 2. The smallest absolute Gasteiger partial charge is 0.198 e. The molecule has 2 nitrogen and oxygen atoms in total. The molecule has 1 N–H and O–H groups in total. The molecule has 5 aromatic carbocycles. The number of rotatable bonds is 1. The number of aromatic nitrogens is 2. The molecule has 3 aromatic heterocycles. The molecule has 0 radical (unpaired) electrons. The Hall–Kier alpha value is -4.54. The van der Waals surface area contributed by atoms with Gasteiger partial charge in [0.15, 0.2) is 7.28 Å². The Kier molecular flexibility index (Phi) is 4.20. The zero-order chi connectivity index (χ0) is 27.9. The van der Waals surface area contributed by atoms with Crippen LogP contribution in [0, 0.1) is 6.92 Å². The number of H-pyrrole nitrogens is 1. The summed E-state index contributed by atoms with van der Waals surface area (Å²) in [6, 6.07) is 36.4. The lowest BCUT2D eigenvalue weighted by Gasteiger charge is -2.24. The number of benzene rings is 5. The van der Waals surface area contributed by atoms with Gasteiger partial charge in [0.2, 0.25) is 0 Å². The van der Waals surface area contributed by atoms with Gasteiger partial charge in [-0.05, 0) is 46.8 Å². The van der Waals surface area contributed by atoms with E-state index < -0.39 is 0 Å². The molecular weight excluding hydrogens is 527 g/mol. The number of thiophene rings is 1. The Labute approximate surface area is 248 Å². The fraction of sp³-hybridized carbons (Fsp3) is 0.105. The number of nitrogens with zero attached hydrogens (tertiary/aromatic N) is 1. The second-order valence-corrected chi connectivity index (χ2v) is 13.7. The Morgan fingerprint density at radius 3 is 2.43 bits per heavy atom. The molecule has 0 saturated heterocycles. The minimum atomic E-state index is -0.0455. The molecule has 0 saturated carbocycles. The van der Waals surface area contributed by atoms with Crippen LogP contribution in [-0.4, -0.2) is 16.8 Å². The van der Waals surface area contributed by atoms with Crippen molar-refractivity contribution in [1.29, 1.82) is 0 Å². The predicted octanol–water partition coefficient (Wildman–Crippen LogP) is 8.46. The van der Waals surface area contributed by atoms with Crippen LogP contribution < -0.4 is 10.9 Å². The Bertz CT molecular complexity index is 2490. The van der Waals surface area contributed by atoms with Crippen LogP contribution in [-0.2, 0) is 5.41 Å². The largest absolute Gasteiger partial charge is 0.354 e. The van der Waals surface area contributed by atoms with Crippen LogP contribution in [0.5, 0.6) is 0 Å². The van der Waals surface area contributed by atoms with E-state index in [1.54, 1.807) is 0 Å². The van der Waals surface area contributed by atoms with Crippen LogP contribution in [0.3, 0.4) is 0 Å². The fourth-order valence-corrected chi connectivity index (χ4v) is 9.47. The third-order valence-electron chi connectivity index (χ3n) is 9.98. The molecule has 0 amide bonds. The summed E-state index contributed by atoms with van der Waals surface area (Å²) in [5, 5.41) is 4.06. The van der Waals surface area contributed by atoms with Gasteiger partial charge in [-0.25, -0.2) is 0 Å². The van der Waals surface area contributed by atoms with Crippen molar-refractivity contribution in [2.45, 2.75) is 26.2 Å². The van der Waals surface area contributed by atoms with Crippen LogP contribution in [0.1, 0.15) is 30.5 Å². The van der Waals surface area contributed by atoms with Crippen molar-refractivity contribution in [2.24, 2.45) is 0 Å². The van der Waals surface area contributed by atoms with Gasteiger partial charge in [-0.15, -0.1) is 11.3 Å². The fourth-order valence-electron chi connectivity index (χ4n) is 8.26. The van der Waals surface area contributed by atoms with Gasteiger partial charge in [-0.3, -0.25) is 0 Å². The van der Waals surface area contributed by atoms with Crippen molar-refractivity contribution in [3.05, 3.63) is 114 Å². The number of fused-ring (bicyclic) bond motifs is 12. The quantitative estimate of drug-likeness (QED) is 0.197. The molecular formula is C38H27BN2S. The summed E-state index contributed by atoms with van der Waals surface area (Å²) in [7, 11) is 0.933. The van der Waals surface area contributed by atoms with Crippen molar-refractivity contribution in [3.8, 4) is 28.1 Å². The van der Waals surface area contributed by atoms with E-state index >= 15 is 0 Å². The second-order valence-electron chi connectivity index (χ2n) is 12.7. The maximum absolute atomic E-state index is 3.96. The van der Waals surface area contributed by atoms with Crippen LogP contribution in [0.25, 0.3) is 70.2 Å². The first-order chi connectivity index (χ1) is 20.5. The lowest BCUT2D eigenvalue weighted by atomic mass is 9.59. The molecule has 4 heterocycles. The molecule has 0 atom stereocenters.